The van der Waals surface area contributed by atoms with Crippen molar-refractivity contribution in [2.45, 2.75) is 6.92 Å². The quantitative estimate of drug-likeness (QED) is 0.517. The molecule has 0 bridgehead atoms. The molecule has 0 saturated carbocycles. The Hall–Kier alpha value is -2.76. The number of oxime groups is 1. The monoisotopic (exact) mass is 290 g/mol. The molecule has 108 valence electrons. The molecule has 0 spiro atoms. The van der Waals surface area contributed by atoms with E-state index in [9.17, 15) is 13.6 Å². The van der Waals surface area contributed by atoms with Crippen LogP contribution in [-0.4, -0.2) is 16.8 Å². The number of anilines is 1. The summed E-state index contributed by atoms with van der Waals surface area (Å²) >= 11 is 0. The molecule has 2 aromatic rings. The molecular weight excluding hydrogens is 278 g/mol. The fourth-order valence-corrected chi connectivity index (χ4v) is 1.75. The Morgan fingerprint density at radius 3 is 2.62 bits per heavy atom. The molecule has 0 saturated heterocycles. The molecule has 0 aliphatic rings. The van der Waals surface area contributed by atoms with Crippen molar-refractivity contribution in [3.63, 3.8) is 0 Å². The van der Waals surface area contributed by atoms with Gasteiger partial charge in [-0.2, -0.15) is 0 Å². The van der Waals surface area contributed by atoms with Crippen LogP contribution in [0.2, 0.25) is 0 Å². The lowest BCUT2D eigenvalue weighted by molar-refractivity contribution is 0.102. The number of halogens is 2. The Labute approximate surface area is 119 Å². The lowest BCUT2D eigenvalue weighted by atomic mass is 10.1. The lowest BCUT2D eigenvalue weighted by Gasteiger charge is -2.08. The van der Waals surface area contributed by atoms with E-state index in [0.29, 0.717) is 23.0 Å². The van der Waals surface area contributed by atoms with Crippen molar-refractivity contribution in [2.24, 2.45) is 5.16 Å². The SMILES string of the molecule is C/C(=N\O)c1cccc(NC(=O)c2ccc(F)cc2F)c1. The molecule has 0 radical (unpaired) electrons. The van der Waals surface area contributed by atoms with Gasteiger partial charge in [-0.15, -0.1) is 0 Å². The van der Waals surface area contributed by atoms with E-state index in [1.807, 2.05) is 0 Å². The molecule has 2 rings (SSSR count). The van der Waals surface area contributed by atoms with E-state index in [1.54, 1.807) is 31.2 Å². The van der Waals surface area contributed by atoms with E-state index in [0.717, 1.165) is 12.1 Å². The summed E-state index contributed by atoms with van der Waals surface area (Å²) in [5, 5.41) is 14.3. The summed E-state index contributed by atoms with van der Waals surface area (Å²) in [7, 11) is 0. The highest BCUT2D eigenvalue weighted by molar-refractivity contribution is 6.05. The average molecular weight is 290 g/mol. The standard InChI is InChI=1S/C15H12F2N2O2/c1-9(19-21)10-3-2-4-12(7-10)18-15(20)13-6-5-11(16)8-14(13)17/h2-8,21H,1H3,(H,18,20)/b19-9+. The highest BCUT2D eigenvalue weighted by Crippen LogP contribution is 2.15. The number of hydrogen-bond acceptors (Lipinski definition) is 3. The molecule has 0 heterocycles. The van der Waals surface area contributed by atoms with Crippen molar-refractivity contribution in [3.05, 3.63) is 65.2 Å². The molecule has 2 N–H and O–H groups in total. The van der Waals surface area contributed by atoms with Crippen molar-refractivity contribution in [1.82, 2.24) is 0 Å². The van der Waals surface area contributed by atoms with Gasteiger partial charge < -0.3 is 10.5 Å². The van der Waals surface area contributed by atoms with Gasteiger partial charge in [0.15, 0.2) is 0 Å². The van der Waals surface area contributed by atoms with Gasteiger partial charge in [0, 0.05) is 17.3 Å². The largest absolute Gasteiger partial charge is 0.411 e. The Morgan fingerprint density at radius 1 is 1.19 bits per heavy atom. The van der Waals surface area contributed by atoms with E-state index in [2.05, 4.69) is 10.5 Å². The van der Waals surface area contributed by atoms with E-state index >= 15 is 0 Å². The number of benzene rings is 2. The predicted octanol–water partition coefficient (Wildman–Crippen LogP) is 3.42. The van der Waals surface area contributed by atoms with Crippen LogP contribution in [0.15, 0.2) is 47.6 Å². The number of carbonyl (C=O) groups excluding carboxylic acids is 1. The minimum absolute atomic E-state index is 0.255. The minimum Gasteiger partial charge on any atom is -0.411 e. The second-order valence-electron chi connectivity index (χ2n) is 4.34. The van der Waals surface area contributed by atoms with Gasteiger partial charge in [-0.3, -0.25) is 4.79 Å². The summed E-state index contributed by atoms with van der Waals surface area (Å²) in [4.78, 5) is 11.9. The molecule has 1 amide bonds. The van der Waals surface area contributed by atoms with Crippen LogP contribution >= 0.6 is 0 Å². The van der Waals surface area contributed by atoms with Crippen molar-refractivity contribution in [2.75, 3.05) is 5.32 Å². The topological polar surface area (TPSA) is 61.7 Å². The van der Waals surface area contributed by atoms with E-state index in [1.165, 1.54) is 0 Å². The molecule has 2 aromatic carbocycles. The Kier molecular flexibility index (Phi) is 4.27. The zero-order valence-corrected chi connectivity index (χ0v) is 11.1. The Morgan fingerprint density at radius 2 is 1.95 bits per heavy atom. The number of hydrogen-bond donors (Lipinski definition) is 2. The van der Waals surface area contributed by atoms with Crippen LogP contribution in [0.4, 0.5) is 14.5 Å². The molecule has 0 unspecified atom stereocenters. The summed E-state index contributed by atoms with van der Waals surface area (Å²) in [5.74, 6) is -2.37. The number of amides is 1. The summed E-state index contributed by atoms with van der Waals surface area (Å²) in [6.07, 6.45) is 0. The van der Waals surface area contributed by atoms with Gasteiger partial charge in [-0.25, -0.2) is 8.78 Å². The van der Waals surface area contributed by atoms with Gasteiger partial charge in [0.1, 0.15) is 11.6 Å². The fourth-order valence-electron chi connectivity index (χ4n) is 1.75. The highest BCUT2D eigenvalue weighted by atomic mass is 19.1. The average Bonchev–Trinajstić information content (AvgIpc) is 2.46. The normalized spacial score (nSPS) is 11.3. The zero-order chi connectivity index (χ0) is 15.4. The second kappa shape index (κ2) is 6.13. The Bertz CT molecular complexity index is 715. The number of nitrogens with zero attached hydrogens (tertiary/aromatic N) is 1. The first-order chi connectivity index (χ1) is 10.0. The van der Waals surface area contributed by atoms with E-state index in [-0.39, 0.29) is 5.56 Å². The molecule has 0 atom stereocenters. The number of nitrogens with one attached hydrogen (secondary N) is 1. The predicted molar refractivity (Wildman–Crippen MR) is 74.8 cm³/mol. The lowest BCUT2D eigenvalue weighted by Crippen LogP contribution is -2.14. The first kappa shape index (κ1) is 14.6. The molecule has 0 aliphatic heterocycles. The van der Waals surface area contributed by atoms with Crippen LogP contribution in [0.1, 0.15) is 22.8 Å². The van der Waals surface area contributed by atoms with Crippen LogP contribution < -0.4 is 5.32 Å². The molecule has 21 heavy (non-hydrogen) atoms. The van der Waals surface area contributed by atoms with Crippen molar-refractivity contribution in [1.29, 1.82) is 0 Å². The molecular formula is C15H12F2N2O2. The van der Waals surface area contributed by atoms with E-state index < -0.39 is 17.5 Å². The third kappa shape index (κ3) is 3.42. The second-order valence-corrected chi connectivity index (χ2v) is 4.34. The van der Waals surface area contributed by atoms with Crippen molar-refractivity contribution < 1.29 is 18.8 Å². The van der Waals surface area contributed by atoms with Crippen molar-refractivity contribution >= 4 is 17.3 Å². The van der Waals surface area contributed by atoms with Crippen LogP contribution in [-0.2, 0) is 0 Å². The van der Waals surface area contributed by atoms with Gasteiger partial charge in [-0.05, 0) is 31.2 Å². The van der Waals surface area contributed by atoms with Gasteiger partial charge in [0.05, 0.1) is 11.3 Å². The molecule has 0 aromatic heterocycles. The number of rotatable bonds is 3. The Balaban J connectivity index is 2.23. The molecule has 4 nitrogen and oxygen atoms in total. The summed E-state index contributed by atoms with van der Waals surface area (Å²) in [6.45, 7) is 1.60. The van der Waals surface area contributed by atoms with Gasteiger partial charge in [0.2, 0.25) is 0 Å². The third-order valence-electron chi connectivity index (χ3n) is 2.86. The highest BCUT2D eigenvalue weighted by Gasteiger charge is 2.13. The van der Waals surface area contributed by atoms with Crippen LogP contribution in [0.3, 0.4) is 0 Å². The molecule has 0 aliphatic carbocycles. The van der Waals surface area contributed by atoms with Gasteiger partial charge in [-0.1, -0.05) is 17.3 Å². The van der Waals surface area contributed by atoms with Gasteiger partial charge >= 0.3 is 0 Å². The molecule has 6 heteroatoms. The first-order valence-electron chi connectivity index (χ1n) is 6.07. The first-order valence-corrected chi connectivity index (χ1v) is 6.07. The zero-order valence-electron chi connectivity index (χ0n) is 11.1. The third-order valence-corrected chi connectivity index (χ3v) is 2.86. The maximum Gasteiger partial charge on any atom is 0.258 e. The summed E-state index contributed by atoms with van der Waals surface area (Å²) in [5.41, 5.74) is 1.13. The van der Waals surface area contributed by atoms with Crippen LogP contribution in [0, 0.1) is 11.6 Å². The van der Waals surface area contributed by atoms with Crippen molar-refractivity contribution in [3.8, 4) is 0 Å². The smallest absolute Gasteiger partial charge is 0.258 e. The van der Waals surface area contributed by atoms with Crippen LogP contribution in [0.25, 0.3) is 0 Å². The summed E-state index contributed by atoms with van der Waals surface area (Å²) < 4.78 is 26.3. The van der Waals surface area contributed by atoms with E-state index in [4.69, 9.17) is 5.21 Å². The summed E-state index contributed by atoms with van der Waals surface area (Å²) in [6, 6.07) is 9.26. The molecule has 0 fully saturated rings. The van der Waals surface area contributed by atoms with Crippen LogP contribution in [0.5, 0.6) is 0 Å². The van der Waals surface area contributed by atoms with Gasteiger partial charge in [0.25, 0.3) is 5.91 Å². The maximum absolute atomic E-state index is 13.5. The number of carbonyl (C=O) groups is 1. The fraction of sp³-hybridized carbons (Fsp3) is 0.0667. The minimum atomic E-state index is -0.934. The maximum atomic E-state index is 13.5.